The summed E-state index contributed by atoms with van der Waals surface area (Å²) in [5, 5.41) is 20.1. The summed E-state index contributed by atoms with van der Waals surface area (Å²) in [5.74, 6) is 1.34. The quantitative estimate of drug-likeness (QED) is 0.673. The van der Waals surface area contributed by atoms with E-state index in [1.807, 2.05) is 6.92 Å². The largest absolute Gasteiger partial charge is 0.508 e. The van der Waals surface area contributed by atoms with Gasteiger partial charge in [-0.1, -0.05) is 0 Å². The van der Waals surface area contributed by atoms with Crippen molar-refractivity contribution in [2.24, 2.45) is 0 Å². The number of ether oxygens (including phenoxy) is 1. The Morgan fingerprint density at radius 3 is 2.32 bits per heavy atom. The third kappa shape index (κ3) is 2.82. The van der Waals surface area contributed by atoms with Gasteiger partial charge in [0, 0.05) is 12.1 Å². The first-order valence-corrected chi connectivity index (χ1v) is 5.70. The van der Waals surface area contributed by atoms with Gasteiger partial charge in [0.1, 0.15) is 17.2 Å². The monoisotopic (exact) mass is 259 g/mol. The number of aromatic hydroxyl groups is 1. The Kier molecular flexibility index (Phi) is 3.37. The van der Waals surface area contributed by atoms with Crippen LogP contribution in [0.3, 0.4) is 0 Å². The molecule has 0 aromatic heterocycles. The van der Waals surface area contributed by atoms with Crippen LogP contribution in [0.1, 0.15) is 11.1 Å². The van der Waals surface area contributed by atoms with Gasteiger partial charge in [-0.05, 0) is 49.2 Å². The normalized spacial score (nSPS) is 10.2. The molecular formula is C14H13NO4. The maximum Gasteiger partial charge on any atom is 0.269 e. The number of rotatable bonds is 3. The molecule has 5 heteroatoms. The van der Waals surface area contributed by atoms with E-state index in [1.54, 1.807) is 31.2 Å². The Morgan fingerprint density at radius 2 is 1.74 bits per heavy atom. The number of phenolic OH excluding ortho intramolecular Hbond substituents is 1. The van der Waals surface area contributed by atoms with Crippen LogP contribution in [0.5, 0.6) is 17.2 Å². The van der Waals surface area contributed by atoms with Crippen LogP contribution in [-0.4, -0.2) is 10.0 Å². The maximum atomic E-state index is 10.5. The van der Waals surface area contributed by atoms with Gasteiger partial charge in [0.25, 0.3) is 5.69 Å². The van der Waals surface area contributed by atoms with Crippen molar-refractivity contribution in [1.82, 2.24) is 0 Å². The van der Waals surface area contributed by atoms with E-state index in [-0.39, 0.29) is 11.4 Å². The molecule has 2 aromatic carbocycles. The van der Waals surface area contributed by atoms with Crippen molar-refractivity contribution in [3.63, 3.8) is 0 Å². The highest BCUT2D eigenvalue weighted by Gasteiger charge is 2.08. The second-order valence-corrected chi connectivity index (χ2v) is 4.26. The number of hydrogen-bond acceptors (Lipinski definition) is 4. The molecule has 0 spiro atoms. The Labute approximate surface area is 110 Å². The molecule has 0 bridgehead atoms. The summed E-state index contributed by atoms with van der Waals surface area (Å²) in [4.78, 5) is 10.1. The second kappa shape index (κ2) is 4.97. The number of nitro groups is 1. The van der Waals surface area contributed by atoms with Gasteiger partial charge in [-0.25, -0.2) is 0 Å². The van der Waals surface area contributed by atoms with Crippen LogP contribution in [0.25, 0.3) is 0 Å². The predicted molar refractivity (Wildman–Crippen MR) is 70.8 cm³/mol. The van der Waals surface area contributed by atoms with E-state index in [1.165, 1.54) is 12.1 Å². The first-order chi connectivity index (χ1) is 8.97. The lowest BCUT2D eigenvalue weighted by Gasteiger charge is -2.10. The van der Waals surface area contributed by atoms with Crippen LogP contribution < -0.4 is 4.74 Å². The number of aryl methyl sites for hydroxylation is 2. The van der Waals surface area contributed by atoms with E-state index in [0.29, 0.717) is 17.1 Å². The topological polar surface area (TPSA) is 72.6 Å². The van der Waals surface area contributed by atoms with E-state index in [0.717, 1.165) is 5.56 Å². The van der Waals surface area contributed by atoms with Crippen LogP contribution in [0.4, 0.5) is 5.69 Å². The second-order valence-electron chi connectivity index (χ2n) is 4.26. The van der Waals surface area contributed by atoms with Gasteiger partial charge in [-0.15, -0.1) is 0 Å². The van der Waals surface area contributed by atoms with Gasteiger partial charge < -0.3 is 9.84 Å². The summed E-state index contributed by atoms with van der Waals surface area (Å²) in [7, 11) is 0. The molecule has 98 valence electrons. The first-order valence-electron chi connectivity index (χ1n) is 5.70. The van der Waals surface area contributed by atoms with Gasteiger partial charge in [0.05, 0.1) is 4.92 Å². The highest BCUT2D eigenvalue weighted by Crippen LogP contribution is 2.31. The van der Waals surface area contributed by atoms with E-state index >= 15 is 0 Å². The van der Waals surface area contributed by atoms with Crippen molar-refractivity contribution in [3.05, 3.63) is 57.6 Å². The molecule has 0 saturated carbocycles. The average molecular weight is 259 g/mol. The predicted octanol–water partition coefficient (Wildman–Crippen LogP) is 3.71. The highest BCUT2D eigenvalue weighted by molar-refractivity contribution is 5.47. The highest BCUT2D eigenvalue weighted by atomic mass is 16.6. The van der Waals surface area contributed by atoms with E-state index in [2.05, 4.69) is 0 Å². The number of nitro benzene ring substituents is 1. The third-order valence-corrected chi connectivity index (χ3v) is 2.77. The lowest BCUT2D eigenvalue weighted by atomic mass is 10.1. The van der Waals surface area contributed by atoms with Gasteiger partial charge >= 0.3 is 0 Å². The number of nitrogens with zero attached hydrogens (tertiary/aromatic N) is 1. The lowest BCUT2D eigenvalue weighted by molar-refractivity contribution is -0.384. The van der Waals surface area contributed by atoms with Crippen molar-refractivity contribution in [1.29, 1.82) is 0 Å². The van der Waals surface area contributed by atoms with Gasteiger partial charge in [0.2, 0.25) is 0 Å². The molecule has 5 nitrogen and oxygen atoms in total. The summed E-state index contributed by atoms with van der Waals surface area (Å²) in [5.41, 5.74) is 1.52. The fraction of sp³-hybridized carbons (Fsp3) is 0.143. The summed E-state index contributed by atoms with van der Waals surface area (Å²) in [6.07, 6.45) is 0. The van der Waals surface area contributed by atoms with E-state index in [9.17, 15) is 15.2 Å². The smallest absolute Gasteiger partial charge is 0.269 e. The maximum absolute atomic E-state index is 10.5. The molecule has 0 heterocycles. The Hall–Kier alpha value is -2.56. The summed E-state index contributed by atoms with van der Waals surface area (Å²) in [6, 6.07) is 9.21. The Bertz CT molecular complexity index is 620. The van der Waals surface area contributed by atoms with Crippen LogP contribution in [0, 0.1) is 24.0 Å². The van der Waals surface area contributed by atoms with Gasteiger partial charge in [-0.3, -0.25) is 10.1 Å². The average Bonchev–Trinajstić information content (AvgIpc) is 2.36. The molecule has 0 unspecified atom stereocenters. The number of non-ortho nitro benzene ring substituents is 1. The fourth-order valence-corrected chi connectivity index (χ4v) is 1.65. The summed E-state index contributed by atoms with van der Waals surface area (Å²) < 4.78 is 5.65. The van der Waals surface area contributed by atoms with Crippen molar-refractivity contribution in [3.8, 4) is 17.2 Å². The SMILES string of the molecule is Cc1cc(Oc2ccc([N+](=O)[O-])cc2)c(C)cc1O. The molecule has 0 atom stereocenters. The zero-order valence-electron chi connectivity index (χ0n) is 10.6. The zero-order valence-corrected chi connectivity index (χ0v) is 10.6. The van der Waals surface area contributed by atoms with Crippen LogP contribution in [0.2, 0.25) is 0 Å². The van der Waals surface area contributed by atoms with Crippen molar-refractivity contribution < 1.29 is 14.8 Å². The first kappa shape index (κ1) is 12.9. The zero-order chi connectivity index (χ0) is 14.0. The molecule has 0 aliphatic carbocycles. The molecular weight excluding hydrogens is 246 g/mol. The van der Waals surface area contributed by atoms with Crippen LogP contribution >= 0.6 is 0 Å². The number of benzene rings is 2. The van der Waals surface area contributed by atoms with E-state index < -0.39 is 4.92 Å². The van der Waals surface area contributed by atoms with Crippen molar-refractivity contribution >= 4 is 5.69 Å². The minimum atomic E-state index is -0.459. The summed E-state index contributed by atoms with van der Waals surface area (Å²) >= 11 is 0. The van der Waals surface area contributed by atoms with Gasteiger partial charge in [0.15, 0.2) is 0 Å². The van der Waals surface area contributed by atoms with Crippen molar-refractivity contribution in [2.45, 2.75) is 13.8 Å². The Morgan fingerprint density at radius 1 is 1.11 bits per heavy atom. The molecule has 19 heavy (non-hydrogen) atoms. The molecule has 0 fully saturated rings. The van der Waals surface area contributed by atoms with E-state index in [4.69, 9.17) is 4.74 Å². The number of phenols is 1. The van der Waals surface area contributed by atoms with Crippen molar-refractivity contribution in [2.75, 3.05) is 0 Å². The summed E-state index contributed by atoms with van der Waals surface area (Å²) in [6.45, 7) is 3.59. The molecule has 0 radical (unpaired) electrons. The minimum Gasteiger partial charge on any atom is -0.508 e. The number of hydrogen-bond donors (Lipinski definition) is 1. The lowest BCUT2D eigenvalue weighted by Crippen LogP contribution is -1.91. The molecule has 0 aliphatic rings. The van der Waals surface area contributed by atoms with Crippen LogP contribution in [-0.2, 0) is 0 Å². The molecule has 0 amide bonds. The molecule has 0 aliphatic heterocycles. The molecule has 2 rings (SSSR count). The third-order valence-electron chi connectivity index (χ3n) is 2.77. The molecule has 0 saturated heterocycles. The molecule has 1 N–H and O–H groups in total. The standard InChI is InChI=1S/C14H13NO4/c1-9-8-14(10(2)7-13(9)16)19-12-5-3-11(4-6-12)15(17)18/h3-8,16H,1-2H3. The fourth-order valence-electron chi connectivity index (χ4n) is 1.65. The van der Waals surface area contributed by atoms with Gasteiger partial charge in [-0.2, -0.15) is 0 Å². The van der Waals surface area contributed by atoms with Crippen LogP contribution in [0.15, 0.2) is 36.4 Å². The Balaban J connectivity index is 2.26. The minimum absolute atomic E-state index is 0.0194. The molecule has 2 aromatic rings.